The summed E-state index contributed by atoms with van der Waals surface area (Å²) in [6, 6.07) is 12.8. The molecule has 5 heterocycles. The number of thiophene rings is 2. The lowest BCUT2D eigenvalue weighted by molar-refractivity contribution is -0.938. The van der Waals surface area contributed by atoms with Crippen LogP contribution >= 0.6 is 22.7 Å². The number of halogens is 1. The van der Waals surface area contributed by atoms with Crippen LogP contribution in [0.2, 0.25) is 0 Å². The Bertz CT molecular complexity index is 1340. The lowest BCUT2D eigenvalue weighted by Crippen LogP contribution is -3.00. The number of piperidine rings is 1. The number of rotatable bonds is 8. The molecule has 3 aliphatic rings. The van der Waals surface area contributed by atoms with E-state index in [-0.39, 0.29) is 41.0 Å². The van der Waals surface area contributed by atoms with Crippen molar-refractivity contribution in [1.29, 1.82) is 0 Å². The second-order valence-electron chi connectivity index (χ2n) is 13.2. The number of carbonyl (C=O) groups excluding carboxylic acids is 1. The number of β-amino-alcohol motifs (C(OH)–C–C–N with tert-alkyl or cyclic N) is 1. The number of fused-ring (bicyclic) bond motifs is 5. The van der Waals surface area contributed by atoms with Crippen LogP contribution in [0.15, 0.2) is 53.2 Å². The molecule has 0 amide bonds. The van der Waals surface area contributed by atoms with Gasteiger partial charge in [0.2, 0.25) is 5.60 Å². The van der Waals surface area contributed by atoms with E-state index in [0.29, 0.717) is 51.7 Å². The van der Waals surface area contributed by atoms with Gasteiger partial charge in [0.25, 0.3) is 0 Å². The van der Waals surface area contributed by atoms with E-state index in [1.165, 1.54) is 28.7 Å². The zero-order valence-corrected chi connectivity index (χ0v) is 28.9. The van der Waals surface area contributed by atoms with Crippen molar-refractivity contribution in [3.63, 3.8) is 0 Å². The van der Waals surface area contributed by atoms with Gasteiger partial charge in [-0.25, -0.2) is 4.79 Å². The topological polar surface area (TPSA) is 132 Å². The van der Waals surface area contributed by atoms with E-state index in [2.05, 4.69) is 19.4 Å². The van der Waals surface area contributed by atoms with Crippen molar-refractivity contribution in [3.8, 4) is 5.75 Å². The van der Waals surface area contributed by atoms with Crippen LogP contribution < -0.4 is 22.3 Å². The van der Waals surface area contributed by atoms with Gasteiger partial charge in [-0.05, 0) is 61.4 Å². The van der Waals surface area contributed by atoms with Crippen LogP contribution in [0.3, 0.4) is 0 Å². The predicted molar refractivity (Wildman–Crippen MR) is 166 cm³/mol. The zero-order chi connectivity index (χ0) is 31.2. The first-order chi connectivity index (χ1) is 20.3. The molecule has 0 aliphatic carbocycles. The van der Waals surface area contributed by atoms with Crippen molar-refractivity contribution in [3.05, 3.63) is 74.1 Å². The maximum atomic E-state index is 13.1. The first kappa shape index (κ1) is 35.0. The Balaban J connectivity index is 0.000000216. The number of benzene rings is 1. The van der Waals surface area contributed by atoms with Gasteiger partial charge in [-0.2, -0.15) is 0 Å². The molecule has 1 aromatic carbocycles. The second-order valence-corrected chi connectivity index (χ2v) is 15.1. The van der Waals surface area contributed by atoms with Crippen molar-refractivity contribution < 1.29 is 56.2 Å². The lowest BCUT2D eigenvalue weighted by atomic mass is 9.95. The number of nitrogens with one attached hydrogen (secondary N) is 1. The highest BCUT2D eigenvalue weighted by molar-refractivity contribution is 7.12. The van der Waals surface area contributed by atoms with Gasteiger partial charge in [0.1, 0.15) is 36.1 Å². The summed E-state index contributed by atoms with van der Waals surface area (Å²) in [4.78, 5) is 14.3. The minimum Gasteiger partial charge on any atom is -1.00 e. The Morgan fingerprint density at radius 1 is 1.07 bits per heavy atom. The van der Waals surface area contributed by atoms with Crippen LogP contribution in [-0.4, -0.2) is 87.5 Å². The lowest BCUT2D eigenvalue weighted by Gasteiger charge is -2.45. The fourth-order valence-corrected chi connectivity index (χ4v) is 8.00. The second kappa shape index (κ2) is 13.5. The van der Waals surface area contributed by atoms with Gasteiger partial charge in [-0.3, -0.25) is 0 Å². The number of aliphatic hydroxyl groups excluding tert-OH is 2. The Morgan fingerprint density at radius 2 is 1.64 bits per heavy atom. The van der Waals surface area contributed by atoms with Gasteiger partial charge in [-0.1, -0.05) is 18.2 Å². The Hall–Kier alpha value is -1.87. The van der Waals surface area contributed by atoms with E-state index < -0.39 is 17.7 Å². The number of nitrogens with zero attached hydrogens (tertiary/aromatic N) is 1. The summed E-state index contributed by atoms with van der Waals surface area (Å²) in [5, 5.41) is 46.7. The predicted octanol–water partition coefficient (Wildman–Crippen LogP) is 0.656. The van der Waals surface area contributed by atoms with Crippen molar-refractivity contribution in [1.82, 2.24) is 5.32 Å². The summed E-state index contributed by atoms with van der Waals surface area (Å²) in [5.41, 5.74) is -0.665. The molecule has 12 heteroatoms. The normalized spacial score (nSPS) is 25.6. The van der Waals surface area contributed by atoms with E-state index in [1.54, 1.807) is 24.3 Å². The van der Waals surface area contributed by atoms with Crippen LogP contribution in [0.5, 0.6) is 5.75 Å². The number of aliphatic hydroxyl groups is 3. The highest BCUT2D eigenvalue weighted by Crippen LogP contribution is 2.52. The molecule has 242 valence electrons. The molecular weight excluding hydrogens is 668 g/mol. The summed E-state index contributed by atoms with van der Waals surface area (Å²) < 4.78 is 12.6. The third-order valence-electron chi connectivity index (χ3n) is 8.85. The number of hydrogen-bond acceptors (Lipinski definition) is 10. The number of likely N-dealkylation sites (N-methyl/N-ethyl adjacent to an activating group) is 1. The minimum atomic E-state index is -1.72. The minimum absolute atomic E-state index is 0. The molecule has 0 spiro atoms. The van der Waals surface area contributed by atoms with E-state index in [1.807, 2.05) is 43.7 Å². The number of esters is 1. The number of quaternary nitrogens is 1. The van der Waals surface area contributed by atoms with Gasteiger partial charge in [0.15, 0.2) is 0 Å². The van der Waals surface area contributed by atoms with E-state index in [4.69, 9.17) is 14.6 Å². The highest BCUT2D eigenvalue weighted by Gasteiger charge is 2.71. The molecule has 6 atom stereocenters. The molecule has 9 nitrogen and oxygen atoms in total. The molecule has 3 aliphatic heterocycles. The van der Waals surface area contributed by atoms with Crippen LogP contribution in [0.25, 0.3) is 0 Å². The largest absolute Gasteiger partial charge is 1.00 e. The number of aromatic hydroxyl groups is 1. The first-order valence-corrected chi connectivity index (χ1v) is 16.4. The molecule has 6 rings (SSSR count). The maximum Gasteiger partial charge on any atom is 0.349 e. The SMILES string of the molecule is CC(C)(C)NCC(O)c1ccc(O)c(CO)c1.C[N+]1(C)[C@@H]2CC(OC(=O)C(O)(c3cccs3)c3cccs3)C[C@H]1[C@@H]1O[C@@H]12.[Br-]. The summed E-state index contributed by atoms with van der Waals surface area (Å²) in [5.74, 6) is -0.513. The molecule has 3 saturated heterocycles. The summed E-state index contributed by atoms with van der Waals surface area (Å²) in [7, 11) is 4.49. The zero-order valence-electron chi connectivity index (χ0n) is 25.6. The van der Waals surface area contributed by atoms with Crippen LogP contribution in [0.1, 0.15) is 60.6 Å². The molecule has 44 heavy (non-hydrogen) atoms. The van der Waals surface area contributed by atoms with Gasteiger partial charge in [-0.15, -0.1) is 22.7 Å². The van der Waals surface area contributed by atoms with Crippen molar-refractivity contribution in [2.24, 2.45) is 0 Å². The number of ether oxygens (including phenoxy) is 2. The molecule has 2 bridgehead atoms. The molecule has 3 aromatic rings. The molecule has 0 radical (unpaired) electrons. The Morgan fingerprint density at radius 3 is 2.11 bits per heavy atom. The van der Waals surface area contributed by atoms with E-state index >= 15 is 0 Å². The Labute approximate surface area is 277 Å². The average molecular weight is 712 g/mol. The third kappa shape index (κ3) is 7.08. The van der Waals surface area contributed by atoms with Crippen molar-refractivity contribution >= 4 is 28.6 Å². The molecular formula is C32H43BrN2O7S2. The number of phenols is 1. The summed E-state index contributed by atoms with van der Waals surface area (Å²) in [6.07, 6.45) is 1.40. The van der Waals surface area contributed by atoms with E-state index in [0.717, 1.165) is 17.3 Å². The van der Waals surface area contributed by atoms with E-state index in [9.17, 15) is 20.1 Å². The molecule has 5 N–H and O–H groups in total. The number of morpholine rings is 1. The van der Waals surface area contributed by atoms with Crippen molar-refractivity contribution in [2.45, 2.75) is 87.9 Å². The summed E-state index contributed by atoms with van der Waals surface area (Å²) >= 11 is 2.74. The average Bonchev–Trinajstić information content (AvgIpc) is 3.28. The smallest absolute Gasteiger partial charge is 0.349 e. The Kier molecular flexibility index (Phi) is 10.7. The van der Waals surface area contributed by atoms with Gasteiger partial charge >= 0.3 is 5.97 Å². The van der Waals surface area contributed by atoms with Gasteiger partial charge in [0, 0.05) is 30.5 Å². The van der Waals surface area contributed by atoms with Crippen LogP contribution in [0.4, 0.5) is 0 Å². The molecule has 0 saturated carbocycles. The van der Waals surface area contributed by atoms with Crippen molar-refractivity contribution in [2.75, 3.05) is 20.6 Å². The quantitative estimate of drug-likeness (QED) is 0.131. The molecule has 2 unspecified atom stereocenters. The van der Waals surface area contributed by atoms with Crippen LogP contribution in [0, 0.1) is 0 Å². The number of carbonyl (C=O) groups is 1. The number of hydrogen-bond donors (Lipinski definition) is 5. The maximum absolute atomic E-state index is 13.1. The fourth-order valence-electron chi connectivity index (χ4n) is 6.29. The monoisotopic (exact) mass is 710 g/mol. The standard InChI is InChI=1S/C19H22NO4S2.C13H21NO3.BrH/c1-20(2)12-9-11(10-13(20)17-16(12)24-17)23-18(21)19(22,14-5-3-7-25-14)15-6-4-8-26-15;1-13(2,3)14-7-12(17)9-4-5-11(16)10(6-9)8-15;/h3-8,11-13,16-17,22H,9-10H2,1-2H3;4-6,12,14-17H,7-8H2,1-3H3;1H/q+1;;/p-1/t11?,12-,13+,16-,17+;;. The third-order valence-corrected chi connectivity index (χ3v) is 10.8. The van der Waals surface area contributed by atoms with Crippen LogP contribution in [-0.2, 0) is 26.5 Å². The number of epoxide rings is 1. The van der Waals surface area contributed by atoms with Gasteiger partial charge < -0.3 is 56.7 Å². The molecule has 3 fully saturated rings. The molecule has 2 aromatic heterocycles. The highest BCUT2D eigenvalue weighted by atomic mass is 79.9. The van der Waals surface area contributed by atoms with Gasteiger partial charge in [0.05, 0.1) is 36.6 Å². The fraction of sp³-hybridized carbons (Fsp3) is 0.531. The summed E-state index contributed by atoms with van der Waals surface area (Å²) in [6.45, 7) is 6.26. The first-order valence-electron chi connectivity index (χ1n) is 14.6.